The van der Waals surface area contributed by atoms with Gasteiger partial charge in [-0.1, -0.05) is 30.3 Å². The number of aliphatic carboxylic acids is 2. The van der Waals surface area contributed by atoms with E-state index in [0.717, 1.165) is 5.56 Å². The quantitative estimate of drug-likeness (QED) is 0.497. The first-order valence-corrected chi connectivity index (χ1v) is 6.93. The molecule has 23 heavy (non-hydrogen) atoms. The number of nitrogens with one attached hydrogen (secondary N) is 2. The molecule has 0 aromatic heterocycles. The van der Waals surface area contributed by atoms with Crippen molar-refractivity contribution < 1.29 is 29.4 Å². The Morgan fingerprint density at radius 1 is 1.00 bits per heavy atom. The van der Waals surface area contributed by atoms with Crippen LogP contribution >= 0.6 is 0 Å². The van der Waals surface area contributed by atoms with Gasteiger partial charge in [0.25, 0.3) is 0 Å². The zero-order valence-electron chi connectivity index (χ0n) is 12.3. The summed E-state index contributed by atoms with van der Waals surface area (Å²) >= 11 is 0. The predicted octanol–water partition coefficient (Wildman–Crippen LogP) is -0.220. The van der Waals surface area contributed by atoms with Gasteiger partial charge in [0.05, 0.1) is 6.42 Å². The van der Waals surface area contributed by atoms with Gasteiger partial charge in [-0.05, 0) is 12.0 Å². The molecular weight excluding hydrogens is 304 g/mol. The fourth-order valence-corrected chi connectivity index (χ4v) is 1.85. The van der Waals surface area contributed by atoms with Gasteiger partial charge >= 0.3 is 11.9 Å². The Morgan fingerprint density at radius 3 is 2.22 bits per heavy atom. The number of amides is 2. The van der Waals surface area contributed by atoms with Crippen molar-refractivity contribution >= 4 is 23.8 Å². The van der Waals surface area contributed by atoms with E-state index in [0.29, 0.717) is 0 Å². The standard InChI is InChI=1S/C15H18N2O6/c18-12(8-10-4-2-1-3-5-10)17-11(6-7-13(19)20)15(23)16-9-14(21)22/h1-5,11H,6-9H2,(H,16,23)(H,17,18)(H,19,20)(H,21,22)/t11-/m0/s1. The van der Waals surface area contributed by atoms with E-state index in [1.807, 2.05) is 0 Å². The molecule has 0 fully saturated rings. The lowest BCUT2D eigenvalue weighted by Gasteiger charge is -2.17. The summed E-state index contributed by atoms with van der Waals surface area (Å²) in [6, 6.07) is 7.73. The number of benzene rings is 1. The number of rotatable bonds is 9. The normalized spacial score (nSPS) is 11.3. The summed E-state index contributed by atoms with van der Waals surface area (Å²) in [6.07, 6.45) is -0.408. The Hall–Kier alpha value is -2.90. The van der Waals surface area contributed by atoms with Gasteiger partial charge in [0.15, 0.2) is 0 Å². The lowest BCUT2D eigenvalue weighted by atomic mass is 10.1. The average Bonchev–Trinajstić information content (AvgIpc) is 2.49. The summed E-state index contributed by atoms with van der Waals surface area (Å²) in [5.74, 6) is -3.52. The van der Waals surface area contributed by atoms with Gasteiger partial charge < -0.3 is 20.8 Å². The number of carboxylic acid groups (broad SMARTS) is 2. The number of hydrogen-bond acceptors (Lipinski definition) is 4. The third kappa shape index (κ3) is 7.60. The van der Waals surface area contributed by atoms with E-state index in [4.69, 9.17) is 10.2 Å². The van der Waals surface area contributed by atoms with Crippen molar-refractivity contribution in [3.63, 3.8) is 0 Å². The highest BCUT2D eigenvalue weighted by Gasteiger charge is 2.22. The second-order valence-electron chi connectivity index (χ2n) is 4.83. The molecule has 0 saturated carbocycles. The van der Waals surface area contributed by atoms with Gasteiger partial charge in [0.2, 0.25) is 11.8 Å². The second-order valence-corrected chi connectivity index (χ2v) is 4.83. The fourth-order valence-electron chi connectivity index (χ4n) is 1.85. The Kier molecular flexibility index (Phi) is 7.25. The monoisotopic (exact) mass is 322 g/mol. The zero-order valence-corrected chi connectivity index (χ0v) is 12.3. The Morgan fingerprint density at radius 2 is 1.65 bits per heavy atom. The van der Waals surface area contributed by atoms with Crippen LogP contribution in [0.4, 0.5) is 0 Å². The molecule has 0 heterocycles. The zero-order chi connectivity index (χ0) is 17.2. The largest absolute Gasteiger partial charge is 0.481 e. The number of hydrogen-bond donors (Lipinski definition) is 4. The van der Waals surface area contributed by atoms with Crippen molar-refractivity contribution in [2.24, 2.45) is 0 Å². The van der Waals surface area contributed by atoms with E-state index in [2.05, 4.69) is 10.6 Å². The highest BCUT2D eigenvalue weighted by atomic mass is 16.4. The maximum atomic E-state index is 12.0. The van der Waals surface area contributed by atoms with Crippen molar-refractivity contribution in [3.05, 3.63) is 35.9 Å². The summed E-state index contributed by atoms with van der Waals surface area (Å²) in [6.45, 7) is -0.600. The SMILES string of the molecule is O=C(O)CC[C@H](NC(=O)Cc1ccccc1)C(=O)NCC(=O)O. The lowest BCUT2D eigenvalue weighted by molar-refractivity contribution is -0.140. The van der Waals surface area contributed by atoms with E-state index in [1.54, 1.807) is 30.3 Å². The molecule has 1 aromatic carbocycles. The average molecular weight is 322 g/mol. The summed E-state index contributed by atoms with van der Waals surface area (Å²) in [4.78, 5) is 44.9. The van der Waals surface area contributed by atoms with E-state index < -0.39 is 36.3 Å². The van der Waals surface area contributed by atoms with Crippen molar-refractivity contribution in [3.8, 4) is 0 Å². The van der Waals surface area contributed by atoms with Crippen molar-refractivity contribution in [2.45, 2.75) is 25.3 Å². The molecule has 0 spiro atoms. The molecule has 4 N–H and O–H groups in total. The smallest absolute Gasteiger partial charge is 0.322 e. The van der Waals surface area contributed by atoms with Gasteiger partial charge in [0, 0.05) is 6.42 Å². The van der Waals surface area contributed by atoms with Crippen LogP contribution in [0.3, 0.4) is 0 Å². The summed E-state index contributed by atoms with van der Waals surface area (Å²) in [5, 5.41) is 21.8. The molecule has 1 atom stereocenters. The first kappa shape index (κ1) is 18.1. The second kappa shape index (κ2) is 9.19. The van der Waals surface area contributed by atoms with Crippen LogP contribution in [0.2, 0.25) is 0 Å². The molecule has 124 valence electrons. The highest BCUT2D eigenvalue weighted by Crippen LogP contribution is 2.02. The summed E-state index contributed by atoms with van der Waals surface area (Å²) < 4.78 is 0. The van der Waals surface area contributed by atoms with Crippen LogP contribution in [-0.4, -0.2) is 46.6 Å². The number of carbonyl (C=O) groups is 4. The van der Waals surface area contributed by atoms with Gasteiger partial charge in [0.1, 0.15) is 12.6 Å². The van der Waals surface area contributed by atoms with Crippen LogP contribution < -0.4 is 10.6 Å². The molecule has 0 aliphatic rings. The first-order chi connectivity index (χ1) is 10.9. The highest BCUT2D eigenvalue weighted by molar-refractivity contribution is 5.90. The molecule has 1 aromatic rings. The Bertz CT molecular complexity index is 573. The molecule has 0 aliphatic heterocycles. The molecule has 8 heteroatoms. The summed E-state index contributed by atoms with van der Waals surface area (Å²) in [7, 11) is 0. The maximum absolute atomic E-state index is 12.0. The Balaban J connectivity index is 2.63. The molecule has 0 radical (unpaired) electrons. The molecule has 0 bridgehead atoms. The van der Waals surface area contributed by atoms with Gasteiger partial charge in [-0.2, -0.15) is 0 Å². The molecule has 8 nitrogen and oxygen atoms in total. The minimum Gasteiger partial charge on any atom is -0.481 e. The van der Waals surface area contributed by atoms with E-state index in [-0.39, 0.29) is 19.3 Å². The molecule has 0 unspecified atom stereocenters. The minimum absolute atomic E-state index is 0.0383. The molecule has 1 rings (SSSR count). The Labute approximate surface area is 132 Å². The lowest BCUT2D eigenvalue weighted by Crippen LogP contribution is -2.48. The molecule has 0 aliphatic carbocycles. The molecule has 0 saturated heterocycles. The first-order valence-electron chi connectivity index (χ1n) is 6.93. The van der Waals surface area contributed by atoms with E-state index >= 15 is 0 Å². The minimum atomic E-state index is -1.23. The van der Waals surface area contributed by atoms with Crippen LogP contribution in [0.25, 0.3) is 0 Å². The van der Waals surface area contributed by atoms with E-state index in [1.165, 1.54) is 0 Å². The van der Waals surface area contributed by atoms with Crippen molar-refractivity contribution in [1.29, 1.82) is 0 Å². The van der Waals surface area contributed by atoms with Crippen LogP contribution in [0.5, 0.6) is 0 Å². The maximum Gasteiger partial charge on any atom is 0.322 e. The third-order valence-electron chi connectivity index (χ3n) is 2.92. The fraction of sp³-hybridized carbons (Fsp3) is 0.333. The molecular formula is C15H18N2O6. The van der Waals surface area contributed by atoms with E-state index in [9.17, 15) is 19.2 Å². The van der Waals surface area contributed by atoms with Crippen LogP contribution in [0.1, 0.15) is 18.4 Å². The predicted molar refractivity (Wildman–Crippen MR) is 79.6 cm³/mol. The van der Waals surface area contributed by atoms with Crippen LogP contribution in [0.15, 0.2) is 30.3 Å². The van der Waals surface area contributed by atoms with Crippen LogP contribution in [-0.2, 0) is 25.6 Å². The third-order valence-corrected chi connectivity index (χ3v) is 2.92. The van der Waals surface area contributed by atoms with Crippen molar-refractivity contribution in [1.82, 2.24) is 10.6 Å². The molecule has 2 amide bonds. The van der Waals surface area contributed by atoms with Gasteiger partial charge in [-0.25, -0.2) is 0 Å². The van der Waals surface area contributed by atoms with Crippen LogP contribution in [0, 0.1) is 0 Å². The number of carbonyl (C=O) groups excluding carboxylic acids is 2. The van der Waals surface area contributed by atoms with Crippen molar-refractivity contribution in [2.75, 3.05) is 6.54 Å². The van der Waals surface area contributed by atoms with Gasteiger partial charge in [-0.3, -0.25) is 19.2 Å². The number of carboxylic acids is 2. The summed E-state index contributed by atoms with van der Waals surface area (Å²) in [5.41, 5.74) is 0.743. The van der Waals surface area contributed by atoms with Gasteiger partial charge in [-0.15, -0.1) is 0 Å². The topological polar surface area (TPSA) is 133 Å².